The largest absolute Gasteiger partial charge is 0.218 e. The van der Waals surface area contributed by atoms with Crippen molar-refractivity contribution in [3.05, 3.63) is 90.8 Å². The second kappa shape index (κ2) is 6.13. The molecular weight excluding hydrogens is 294 g/mol. The van der Waals surface area contributed by atoms with Gasteiger partial charge in [-0.1, -0.05) is 66.7 Å². The van der Waals surface area contributed by atoms with Crippen molar-refractivity contribution in [3.63, 3.8) is 0 Å². The minimum absolute atomic E-state index is 0.745. The Kier molecular flexibility index (Phi) is 3.67. The Morgan fingerprint density at radius 1 is 0.667 bits per heavy atom. The second-order valence-electron chi connectivity index (χ2n) is 5.68. The highest BCUT2D eigenvalue weighted by molar-refractivity contribution is 5.70. The lowest BCUT2D eigenvalue weighted by Crippen LogP contribution is -1.98. The lowest BCUT2D eigenvalue weighted by Gasteiger charge is -2.03. The summed E-state index contributed by atoms with van der Waals surface area (Å²) in [5, 5.41) is 4.69. The van der Waals surface area contributed by atoms with Crippen LogP contribution in [0.1, 0.15) is 5.82 Å². The molecule has 1 aromatic heterocycles. The molecule has 1 heterocycles. The minimum Gasteiger partial charge on any atom is -0.218 e. The molecule has 116 valence electrons. The van der Waals surface area contributed by atoms with Crippen LogP contribution in [0, 0.1) is 6.92 Å². The molecule has 0 fully saturated rings. The van der Waals surface area contributed by atoms with E-state index in [0.29, 0.717) is 0 Å². The van der Waals surface area contributed by atoms with Gasteiger partial charge in [-0.25, -0.2) is 9.67 Å². The predicted octanol–water partition coefficient (Wildman–Crippen LogP) is 4.91. The maximum absolute atomic E-state index is 4.69. The molecule has 0 aliphatic heterocycles. The summed E-state index contributed by atoms with van der Waals surface area (Å²) in [5.74, 6) is 1.62. The molecule has 0 saturated carbocycles. The molecule has 0 atom stereocenters. The Bertz CT molecular complexity index is 957. The number of hydrogen-bond donors (Lipinski definition) is 0. The molecule has 3 nitrogen and oxygen atoms in total. The summed E-state index contributed by atoms with van der Waals surface area (Å²) in [6.45, 7) is 1.98. The van der Waals surface area contributed by atoms with Gasteiger partial charge in [0.1, 0.15) is 5.82 Å². The summed E-state index contributed by atoms with van der Waals surface area (Å²) in [7, 11) is 0. The van der Waals surface area contributed by atoms with Gasteiger partial charge in [0.05, 0.1) is 5.69 Å². The Balaban J connectivity index is 1.75. The number of rotatable bonds is 3. The Morgan fingerprint density at radius 3 is 2.04 bits per heavy atom. The van der Waals surface area contributed by atoms with E-state index in [2.05, 4.69) is 53.5 Å². The summed E-state index contributed by atoms with van der Waals surface area (Å²) in [5.41, 5.74) is 4.41. The Morgan fingerprint density at radius 2 is 1.29 bits per heavy atom. The van der Waals surface area contributed by atoms with Crippen LogP contribution in [0.2, 0.25) is 0 Å². The first-order valence-corrected chi connectivity index (χ1v) is 7.96. The van der Waals surface area contributed by atoms with Gasteiger partial charge >= 0.3 is 0 Å². The number of hydrogen-bond acceptors (Lipinski definition) is 2. The average molecular weight is 311 g/mol. The van der Waals surface area contributed by atoms with Crippen molar-refractivity contribution in [2.24, 2.45) is 0 Å². The van der Waals surface area contributed by atoms with Crippen molar-refractivity contribution in [1.29, 1.82) is 0 Å². The van der Waals surface area contributed by atoms with Crippen molar-refractivity contribution in [3.8, 4) is 28.2 Å². The van der Waals surface area contributed by atoms with Gasteiger partial charge in [0.15, 0.2) is 5.82 Å². The molecule has 3 heteroatoms. The van der Waals surface area contributed by atoms with Crippen molar-refractivity contribution < 1.29 is 0 Å². The SMILES string of the molecule is Cc1nc(-c2cccc(-c3ccccc3)c2)nn1-c1ccccc1. The van der Waals surface area contributed by atoms with Crippen LogP contribution in [-0.4, -0.2) is 14.8 Å². The van der Waals surface area contributed by atoms with Gasteiger partial charge < -0.3 is 0 Å². The number of para-hydroxylation sites is 1. The van der Waals surface area contributed by atoms with Crippen molar-refractivity contribution >= 4 is 0 Å². The molecule has 0 unspecified atom stereocenters. The van der Waals surface area contributed by atoms with E-state index in [-0.39, 0.29) is 0 Å². The molecule has 0 amide bonds. The third-order valence-electron chi connectivity index (χ3n) is 4.00. The summed E-state index contributed by atoms with van der Waals surface area (Å²) >= 11 is 0. The van der Waals surface area contributed by atoms with Gasteiger partial charge in [-0.05, 0) is 36.2 Å². The lowest BCUT2D eigenvalue weighted by atomic mass is 10.0. The van der Waals surface area contributed by atoms with Crippen LogP contribution in [0.15, 0.2) is 84.9 Å². The van der Waals surface area contributed by atoms with Crippen molar-refractivity contribution in [2.75, 3.05) is 0 Å². The van der Waals surface area contributed by atoms with E-state index < -0.39 is 0 Å². The molecule has 4 rings (SSSR count). The minimum atomic E-state index is 0.745. The van der Waals surface area contributed by atoms with E-state index in [1.165, 1.54) is 11.1 Å². The third kappa shape index (κ3) is 2.72. The first-order chi connectivity index (χ1) is 11.8. The highest BCUT2D eigenvalue weighted by Crippen LogP contribution is 2.25. The molecule has 24 heavy (non-hydrogen) atoms. The van der Waals surface area contributed by atoms with E-state index in [1.807, 2.05) is 48.0 Å². The van der Waals surface area contributed by atoms with Crippen LogP contribution < -0.4 is 0 Å². The van der Waals surface area contributed by atoms with Gasteiger partial charge in [-0.2, -0.15) is 0 Å². The molecule has 0 aliphatic rings. The third-order valence-corrected chi connectivity index (χ3v) is 4.00. The number of aryl methyl sites for hydroxylation is 1. The van der Waals surface area contributed by atoms with Gasteiger partial charge in [0.2, 0.25) is 0 Å². The molecular formula is C21H17N3. The maximum Gasteiger partial charge on any atom is 0.181 e. The fraction of sp³-hybridized carbons (Fsp3) is 0.0476. The van der Waals surface area contributed by atoms with E-state index >= 15 is 0 Å². The summed E-state index contributed by atoms with van der Waals surface area (Å²) in [4.78, 5) is 4.64. The molecule has 0 aliphatic carbocycles. The quantitative estimate of drug-likeness (QED) is 0.538. The number of benzene rings is 3. The number of aromatic nitrogens is 3. The molecule has 0 bridgehead atoms. The molecule has 0 N–H and O–H groups in total. The summed E-state index contributed by atoms with van der Waals surface area (Å²) in [6.07, 6.45) is 0. The smallest absolute Gasteiger partial charge is 0.181 e. The molecule has 3 aromatic carbocycles. The average Bonchev–Trinajstić information content (AvgIpc) is 3.05. The summed E-state index contributed by atoms with van der Waals surface area (Å²) in [6, 6.07) is 28.8. The van der Waals surface area contributed by atoms with E-state index in [1.54, 1.807) is 0 Å². The molecule has 0 radical (unpaired) electrons. The monoisotopic (exact) mass is 311 g/mol. The van der Waals surface area contributed by atoms with E-state index in [0.717, 1.165) is 22.9 Å². The fourth-order valence-corrected chi connectivity index (χ4v) is 2.79. The highest BCUT2D eigenvalue weighted by atomic mass is 15.3. The molecule has 4 aromatic rings. The van der Waals surface area contributed by atoms with Crippen LogP contribution in [0.25, 0.3) is 28.2 Å². The van der Waals surface area contributed by atoms with E-state index in [9.17, 15) is 0 Å². The van der Waals surface area contributed by atoms with Gasteiger partial charge in [0.25, 0.3) is 0 Å². The van der Waals surface area contributed by atoms with Gasteiger partial charge in [-0.3, -0.25) is 0 Å². The summed E-state index contributed by atoms with van der Waals surface area (Å²) < 4.78 is 1.88. The number of nitrogens with zero attached hydrogens (tertiary/aromatic N) is 3. The highest BCUT2D eigenvalue weighted by Gasteiger charge is 2.10. The van der Waals surface area contributed by atoms with Gasteiger partial charge in [0, 0.05) is 5.56 Å². The van der Waals surface area contributed by atoms with Crippen molar-refractivity contribution in [2.45, 2.75) is 6.92 Å². The van der Waals surface area contributed by atoms with Crippen LogP contribution in [0.3, 0.4) is 0 Å². The Labute approximate surface area is 141 Å². The zero-order valence-corrected chi connectivity index (χ0v) is 13.4. The first kappa shape index (κ1) is 14.4. The Hall–Kier alpha value is -3.20. The van der Waals surface area contributed by atoms with E-state index in [4.69, 9.17) is 5.10 Å². The van der Waals surface area contributed by atoms with Crippen LogP contribution in [0.4, 0.5) is 0 Å². The predicted molar refractivity (Wildman–Crippen MR) is 97.0 cm³/mol. The molecule has 0 saturated heterocycles. The molecule has 0 spiro atoms. The van der Waals surface area contributed by atoms with Gasteiger partial charge in [-0.15, -0.1) is 5.10 Å². The fourth-order valence-electron chi connectivity index (χ4n) is 2.79. The normalized spacial score (nSPS) is 10.7. The second-order valence-corrected chi connectivity index (χ2v) is 5.68. The standard InChI is InChI=1S/C21H17N3/c1-16-22-21(23-24(16)20-13-6-3-7-14-20)19-12-8-11-18(15-19)17-9-4-2-5-10-17/h2-15H,1H3. The zero-order valence-electron chi connectivity index (χ0n) is 13.4. The van der Waals surface area contributed by atoms with Crippen molar-refractivity contribution in [1.82, 2.24) is 14.8 Å². The van der Waals surface area contributed by atoms with Crippen LogP contribution in [-0.2, 0) is 0 Å². The topological polar surface area (TPSA) is 30.7 Å². The zero-order chi connectivity index (χ0) is 16.4. The van der Waals surface area contributed by atoms with Crippen LogP contribution in [0.5, 0.6) is 0 Å². The maximum atomic E-state index is 4.69. The first-order valence-electron chi connectivity index (χ1n) is 7.96. The lowest BCUT2D eigenvalue weighted by molar-refractivity contribution is 0.842. The van der Waals surface area contributed by atoms with Crippen LogP contribution >= 0.6 is 0 Å².